The zero-order chi connectivity index (χ0) is 17.4. The molecule has 0 bridgehead atoms. The summed E-state index contributed by atoms with van der Waals surface area (Å²) in [4.78, 5) is 0. The van der Waals surface area contributed by atoms with Crippen LogP contribution in [0.25, 0.3) is 21.8 Å². The standard InChI is InChI=1S/C20H15FN4/c21-15-5-3-4-13(10-15)12-25-18-7-2-1-6-16(18)17-11-14(20(22)24-23)8-9-19(17)25/h1-11,22-23H,12H2. The van der Waals surface area contributed by atoms with Gasteiger partial charge in [-0.25, -0.2) is 9.92 Å². The van der Waals surface area contributed by atoms with E-state index in [2.05, 4.69) is 9.68 Å². The molecule has 4 nitrogen and oxygen atoms in total. The molecule has 0 saturated heterocycles. The summed E-state index contributed by atoms with van der Waals surface area (Å²) in [5, 5.41) is 13.0. The summed E-state index contributed by atoms with van der Waals surface area (Å²) in [5.41, 5.74) is 10.6. The van der Waals surface area contributed by atoms with Crippen molar-refractivity contribution in [1.29, 1.82) is 10.9 Å². The van der Waals surface area contributed by atoms with Gasteiger partial charge in [-0.1, -0.05) is 30.3 Å². The van der Waals surface area contributed by atoms with E-state index in [4.69, 9.17) is 10.9 Å². The number of benzene rings is 3. The predicted molar refractivity (Wildman–Crippen MR) is 96.9 cm³/mol. The number of para-hydroxylation sites is 1. The molecule has 0 fully saturated rings. The van der Waals surface area contributed by atoms with Crippen LogP contribution in [0.2, 0.25) is 0 Å². The van der Waals surface area contributed by atoms with Crippen LogP contribution >= 0.6 is 0 Å². The molecular weight excluding hydrogens is 315 g/mol. The second-order valence-corrected chi connectivity index (χ2v) is 5.93. The number of amidine groups is 1. The van der Waals surface area contributed by atoms with E-state index in [1.165, 1.54) is 6.07 Å². The maximum Gasteiger partial charge on any atom is 0.173 e. The summed E-state index contributed by atoms with van der Waals surface area (Å²) < 4.78 is 15.7. The van der Waals surface area contributed by atoms with E-state index in [1.807, 2.05) is 42.5 Å². The number of hydrogen-bond donors (Lipinski definition) is 2. The van der Waals surface area contributed by atoms with Crippen molar-refractivity contribution in [2.75, 3.05) is 0 Å². The lowest BCUT2D eigenvalue weighted by molar-refractivity contribution is 0.624. The number of halogens is 1. The largest absolute Gasteiger partial charge is 0.336 e. The first-order valence-electron chi connectivity index (χ1n) is 7.89. The fourth-order valence-corrected chi connectivity index (χ4v) is 3.25. The molecule has 1 aromatic heterocycles. The first-order chi connectivity index (χ1) is 12.2. The minimum Gasteiger partial charge on any atom is -0.336 e. The highest BCUT2D eigenvalue weighted by molar-refractivity contribution is 6.11. The van der Waals surface area contributed by atoms with Crippen molar-refractivity contribution in [3.8, 4) is 0 Å². The molecule has 25 heavy (non-hydrogen) atoms. The molecule has 4 aromatic rings. The third kappa shape index (κ3) is 2.59. The highest BCUT2D eigenvalue weighted by atomic mass is 19.1. The molecule has 0 spiro atoms. The van der Waals surface area contributed by atoms with Gasteiger partial charge in [0.25, 0.3) is 0 Å². The molecular formula is C20H15FN4. The van der Waals surface area contributed by atoms with E-state index < -0.39 is 0 Å². The number of nitrogens with one attached hydrogen (secondary N) is 2. The minimum absolute atomic E-state index is 0.0659. The summed E-state index contributed by atoms with van der Waals surface area (Å²) in [6, 6.07) is 20.3. The Hall–Kier alpha value is -3.34. The Bertz CT molecular complexity index is 1130. The van der Waals surface area contributed by atoms with Crippen molar-refractivity contribution in [3.05, 3.63) is 83.7 Å². The molecule has 0 saturated carbocycles. The van der Waals surface area contributed by atoms with Gasteiger partial charge in [-0.3, -0.25) is 5.41 Å². The SMILES string of the molecule is N=NC(=N)c1ccc2c(c1)c1ccccc1n2Cc1cccc(F)c1. The van der Waals surface area contributed by atoms with E-state index in [9.17, 15) is 4.39 Å². The Morgan fingerprint density at radius 2 is 1.72 bits per heavy atom. The predicted octanol–water partition coefficient (Wildman–Crippen LogP) is 5.34. The molecule has 0 amide bonds. The Morgan fingerprint density at radius 3 is 2.52 bits per heavy atom. The quantitative estimate of drug-likeness (QED) is 0.289. The molecule has 5 heteroatoms. The van der Waals surface area contributed by atoms with E-state index in [0.29, 0.717) is 12.1 Å². The lowest BCUT2D eigenvalue weighted by atomic mass is 10.1. The van der Waals surface area contributed by atoms with Gasteiger partial charge in [0.1, 0.15) is 5.82 Å². The number of fused-ring (bicyclic) bond motifs is 3. The zero-order valence-electron chi connectivity index (χ0n) is 13.3. The van der Waals surface area contributed by atoms with E-state index in [-0.39, 0.29) is 11.7 Å². The molecule has 3 aromatic carbocycles. The van der Waals surface area contributed by atoms with Gasteiger partial charge in [-0.05, 0) is 42.0 Å². The lowest BCUT2D eigenvalue weighted by Crippen LogP contribution is -2.00. The van der Waals surface area contributed by atoms with Crippen LogP contribution in [0.1, 0.15) is 11.1 Å². The highest BCUT2D eigenvalue weighted by Gasteiger charge is 2.12. The second kappa shape index (κ2) is 5.94. The van der Waals surface area contributed by atoms with Gasteiger partial charge in [-0.2, -0.15) is 0 Å². The fraction of sp³-hybridized carbons (Fsp3) is 0.0500. The van der Waals surface area contributed by atoms with Crippen molar-refractivity contribution in [2.24, 2.45) is 5.11 Å². The third-order valence-electron chi connectivity index (χ3n) is 4.39. The van der Waals surface area contributed by atoms with Crippen LogP contribution in [0, 0.1) is 16.8 Å². The van der Waals surface area contributed by atoms with Crippen molar-refractivity contribution in [1.82, 2.24) is 4.57 Å². The molecule has 0 aliphatic heterocycles. The first-order valence-corrected chi connectivity index (χ1v) is 7.89. The fourth-order valence-electron chi connectivity index (χ4n) is 3.25. The van der Waals surface area contributed by atoms with Crippen molar-refractivity contribution in [2.45, 2.75) is 6.54 Å². The smallest absolute Gasteiger partial charge is 0.173 e. The van der Waals surface area contributed by atoms with Crippen LogP contribution in [0.4, 0.5) is 4.39 Å². The van der Waals surface area contributed by atoms with Gasteiger partial charge in [-0.15, -0.1) is 5.11 Å². The van der Waals surface area contributed by atoms with Crippen LogP contribution in [-0.4, -0.2) is 10.4 Å². The Balaban J connectivity index is 1.96. The van der Waals surface area contributed by atoms with E-state index in [1.54, 1.807) is 18.2 Å². The third-order valence-corrected chi connectivity index (χ3v) is 4.39. The maximum atomic E-state index is 13.5. The van der Waals surface area contributed by atoms with Crippen LogP contribution < -0.4 is 0 Å². The first kappa shape index (κ1) is 15.2. The molecule has 0 unspecified atom stereocenters. The number of rotatable bonds is 3. The van der Waals surface area contributed by atoms with Crippen molar-refractivity contribution >= 4 is 27.6 Å². The van der Waals surface area contributed by atoms with Crippen molar-refractivity contribution in [3.63, 3.8) is 0 Å². The Labute approximate surface area is 143 Å². The molecule has 2 N–H and O–H groups in total. The summed E-state index contributed by atoms with van der Waals surface area (Å²) in [5.74, 6) is -0.310. The van der Waals surface area contributed by atoms with Crippen molar-refractivity contribution < 1.29 is 4.39 Å². The van der Waals surface area contributed by atoms with Gasteiger partial charge >= 0.3 is 0 Å². The second-order valence-electron chi connectivity index (χ2n) is 5.93. The number of hydrogen-bond acceptors (Lipinski definition) is 2. The monoisotopic (exact) mass is 330 g/mol. The molecule has 0 aliphatic rings. The molecule has 1 heterocycles. The van der Waals surface area contributed by atoms with Gasteiger partial charge in [0.15, 0.2) is 5.84 Å². The van der Waals surface area contributed by atoms with E-state index in [0.717, 1.165) is 27.4 Å². The summed E-state index contributed by atoms with van der Waals surface area (Å²) in [7, 11) is 0. The van der Waals surface area contributed by atoms with Gasteiger partial charge in [0.2, 0.25) is 0 Å². The molecule has 0 radical (unpaired) electrons. The Kier molecular flexibility index (Phi) is 3.61. The molecule has 122 valence electrons. The summed E-state index contributed by atoms with van der Waals surface area (Å²) >= 11 is 0. The van der Waals surface area contributed by atoms with Crippen LogP contribution in [0.5, 0.6) is 0 Å². The number of aromatic nitrogens is 1. The topological polar surface area (TPSA) is 65.0 Å². The molecule has 0 aliphatic carbocycles. The molecule has 0 atom stereocenters. The maximum absolute atomic E-state index is 13.5. The van der Waals surface area contributed by atoms with Crippen LogP contribution in [0.15, 0.2) is 71.8 Å². The average Bonchev–Trinajstić information content (AvgIpc) is 2.95. The van der Waals surface area contributed by atoms with Crippen LogP contribution in [-0.2, 0) is 6.54 Å². The van der Waals surface area contributed by atoms with E-state index >= 15 is 0 Å². The van der Waals surface area contributed by atoms with Crippen LogP contribution in [0.3, 0.4) is 0 Å². The molecule has 4 rings (SSSR count). The van der Waals surface area contributed by atoms with Gasteiger partial charge in [0.05, 0.1) is 0 Å². The zero-order valence-corrected chi connectivity index (χ0v) is 13.3. The number of nitrogens with zero attached hydrogens (tertiary/aromatic N) is 2. The highest BCUT2D eigenvalue weighted by Crippen LogP contribution is 2.30. The Morgan fingerprint density at radius 1 is 0.920 bits per heavy atom. The minimum atomic E-state index is -0.244. The van der Waals surface area contributed by atoms with Gasteiger partial charge in [0, 0.05) is 33.9 Å². The van der Waals surface area contributed by atoms with Gasteiger partial charge < -0.3 is 4.57 Å². The summed E-state index contributed by atoms with van der Waals surface area (Å²) in [6.07, 6.45) is 0. The normalized spacial score (nSPS) is 11.1. The average molecular weight is 330 g/mol. The lowest BCUT2D eigenvalue weighted by Gasteiger charge is -2.08. The summed E-state index contributed by atoms with van der Waals surface area (Å²) in [6.45, 7) is 0.557.